The Bertz CT molecular complexity index is 84.9. The average Bonchev–Trinajstić information content (AvgIpc) is 2.12. The number of hydroxylamine groups is 2. The van der Waals surface area contributed by atoms with Crippen molar-refractivity contribution < 1.29 is 5.21 Å². The van der Waals surface area contributed by atoms with Crippen molar-refractivity contribution in [1.29, 1.82) is 0 Å². The number of hydrogen-bond donors (Lipinski definition) is 1. The van der Waals surface area contributed by atoms with Crippen LogP contribution in [0, 0.1) is 5.92 Å². The summed E-state index contributed by atoms with van der Waals surface area (Å²) in [5.41, 5.74) is 0. The highest BCUT2D eigenvalue weighted by atomic mass is 16.5. The first-order valence-corrected chi connectivity index (χ1v) is 3.71. The summed E-state index contributed by atoms with van der Waals surface area (Å²) in [5, 5.41) is 10.7. The number of rotatable bonds is 1. The van der Waals surface area contributed by atoms with Crippen LogP contribution in [0.3, 0.4) is 0 Å². The third kappa shape index (κ3) is 1.25. The van der Waals surface area contributed by atoms with Crippen LogP contribution >= 0.6 is 0 Å². The number of hydrogen-bond acceptors (Lipinski definition) is 2. The van der Waals surface area contributed by atoms with Crippen molar-refractivity contribution >= 4 is 0 Å². The lowest BCUT2D eigenvalue weighted by Crippen LogP contribution is -2.27. The molecule has 0 aromatic carbocycles. The van der Waals surface area contributed by atoms with Gasteiger partial charge in [-0.25, -0.2) is 0 Å². The molecule has 2 heteroatoms. The molecule has 1 heterocycles. The van der Waals surface area contributed by atoms with Crippen molar-refractivity contribution in [2.75, 3.05) is 6.54 Å². The molecule has 1 saturated heterocycles. The van der Waals surface area contributed by atoms with E-state index in [4.69, 9.17) is 0 Å². The summed E-state index contributed by atoms with van der Waals surface area (Å²) in [6.07, 6.45) is 2.21. The second kappa shape index (κ2) is 2.67. The normalized spacial score (nSPS) is 37.7. The van der Waals surface area contributed by atoms with Gasteiger partial charge in [0.1, 0.15) is 0 Å². The molecule has 0 amide bonds. The van der Waals surface area contributed by atoms with Crippen LogP contribution in [-0.4, -0.2) is 22.9 Å². The molecule has 54 valence electrons. The van der Waals surface area contributed by atoms with Gasteiger partial charge in [0.2, 0.25) is 0 Å². The zero-order valence-corrected chi connectivity index (χ0v) is 6.17. The van der Waals surface area contributed by atoms with Gasteiger partial charge in [0.15, 0.2) is 0 Å². The van der Waals surface area contributed by atoms with Crippen LogP contribution < -0.4 is 0 Å². The van der Waals surface area contributed by atoms with E-state index in [9.17, 15) is 5.21 Å². The molecule has 2 atom stereocenters. The molecule has 0 saturated carbocycles. The van der Waals surface area contributed by atoms with Gasteiger partial charge < -0.3 is 5.21 Å². The molecule has 0 aliphatic carbocycles. The quantitative estimate of drug-likeness (QED) is 0.580. The maximum Gasteiger partial charge on any atom is 0.0373 e. The topological polar surface area (TPSA) is 23.5 Å². The predicted molar refractivity (Wildman–Crippen MR) is 36.4 cm³/mol. The average molecular weight is 129 g/mol. The number of nitrogens with zero attached hydrogens (tertiary/aromatic N) is 1. The smallest absolute Gasteiger partial charge is 0.0373 e. The van der Waals surface area contributed by atoms with Crippen molar-refractivity contribution in [3.63, 3.8) is 0 Å². The van der Waals surface area contributed by atoms with E-state index >= 15 is 0 Å². The van der Waals surface area contributed by atoms with Gasteiger partial charge in [-0.3, -0.25) is 0 Å². The molecule has 0 aromatic rings. The summed E-state index contributed by atoms with van der Waals surface area (Å²) in [4.78, 5) is 0. The highest BCUT2D eigenvalue weighted by Gasteiger charge is 2.27. The van der Waals surface area contributed by atoms with Gasteiger partial charge in [-0.1, -0.05) is 13.8 Å². The van der Waals surface area contributed by atoms with E-state index in [0.29, 0.717) is 12.0 Å². The maximum atomic E-state index is 9.19. The van der Waals surface area contributed by atoms with Crippen LogP contribution in [0.5, 0.6) is 0 Å². The second-order valence-corrected chi connectivity index (χ2v) is 2.90. The molecular formula is C7H15NO. The molecule has 0 aromatic heterocycles. The fraction of sp³-hybridized carbons (Fsp3) is 1.00. The monoisotopic (exact) mass is 129 g/mol. The first-order valence-electron chi connectivity index (χ1n) is 3.71. The van der Waals surface area contributed by atoms with E-state index in [1.807, 2.05) is 0 Å². The molecule has 0 radical (unpaired) electrons. The molecule has 1 aliphatic heterocycles. The summed E-state index contributed by atoms with van der Waals surface area (Å²) in [6, 6.07) is 0.421. The largest absolute Gasteiger partial charge is 0.314 e. The lowest BCUT2D eigenvalue weighted by molar-refractivity contribution is -0.108. The lowest BCUT2D eigenvalue weighted by atomic mass is 10.0. The van der Waals surface area contributed by atoms with Crippen LogP contribution in [-0.2, 0) is 0 Å². The van der Waals surface area contributed by atoms with Gasteiger partial charge >= 0.3 is 0 Å². The molecule has 1 fully saturated rings. The summed E-state index contributed by atoms with van der Waals surface area (Å²) in [5.74, 6) is 0.681. The van der Waals surface area contributed by atoms with E-state index in [1.165, 1.54) is 5.06 Å². The van der Waals surface area contributed by atoms with Crippen LogP contribution in [0.2, 0.25) is 0 Å². The lowest BCUT2D eigenvalue weighted by Gasteiger charge is -2.18. The summed E-state index contributed by atoms with van der Waals surface area (Å²) < 4.78 is 0. The van der Waals surface area contributed by atoms with Crippen LogP contribution in [0.4, 0.5) is 0 Å². The Morgan fingerprint density at radius 2 is 2.33 bits per heavy atom. The second-order valence-electron chi connectivity index (χ2n) is 2.90. The van der Waals surface area contributed by atoms with E-state index < -0.39 is 0 Å². The summed E-state index contributed by atoms with van der Waals surface area (Å²) in [7, 11) is 0. The summed E-state index contributed by atoms with van der Waals surface area (Å²) in [6.45, 7) is 5.18. The predicted octanol–water partition coefficient (Wildman–Crippen LogP) is 1.50. The highest BCUT2D eigenvalue weighted by molar-refractivity contribution is 4.77. The Morgan fingerprint density at radius 3 is 2.56 bits per heavy atom. The van der Waals surface area contributed by atoms with Crippen LogP contribution in [0.25, 0.3) is 0 Å². The SMILES string of the molecule is CCC1C(C)CCN1O. The van der Waals surface area contributed by atoms with Gasteiger partial charge in [-0.2, -0.15) is 5.06 Å². The first-order chi connectivity index (χ1) is 4.25. The van der Waals surface area contributed by atoms with Gasteiger partial charge in [0.25, 0.3) is 0 Å². The Labute approximate surface area is 56.4 Å². The Balaban J connectivity index is 2.44. The van der Waals surface area contributed by atoms with Crippen molar-refractivity contribution in [1.82, 2.24) is 5.06 Å². The van der Waals surface area contributed by atoms with Gasteiger partial charge in [0.05, 0.1) is 0 Å². The van der Waals surface area contributed by atoms with E-state index in [1.54, 1.807) is 0 Å². The minimum absolute atomic E-state index is 0.421. The van der Waals surface area contributed by atoms with Crippen molar-refractivity contribution in [3.05, 3.63) is 0 Å². The standard InChI is InChI=1S/C7H15NO/c1-3-7-6(2)4-5-8(7)9/h6-7,9H,3-5H2,1-2H3. The van der Waals surface area contributed by atoms with Gasteiger partial charge in [-0.15, -0.1) is 0 Å². The first kappa shape index (κ1) is 7.03. The van der Waals surface area contributed by atoms with E-state index in [0.717, 1.165) is 19.4 Å². The Morgan fingerprint density at radius 1 is 1.67 bits per heavy atom. The van der Waals surface area contributed by atoms with Gasteiger partial charge in [0, 0.05) is 12.6 Å². The Kier molecular flexibility index (Phi) is 2.09. The molecule has 9 heavy (non-hydrogen) atoms. The molecule has 1 rings (SSSR count). The fourth-order valence-electron chi connectivity index (χ4n) is 1.60. The third-order valence-corrected chi connectivity index (χ3v) is 2.27. The molecule has 2 nitrogen and oxygen atoms in total. The third-order valence-electron chi connectivity index (χ3n) is 2.27. The zero-order chi connectivity index (χ0) is 6.85. The molecule has 2 unspecified atom stereocenters. The molecular weight excluding hydrogens is 114 g/mol. The van der Waals surface area contributed by atoms with Crippen LogP contribution in [0.15, 0.2) is 0 Å². The minimum Gasteiger partial charge on any atom is -0.314 e. The van der Waals surface area contributed by atoms with Gasteiger partial charge in [-0.05, 0) is 18.8 Å². The fourth-order valence-corrected chi connectivity index (χ4v) is 1.60. The van der Waals surface area contributed by atoms with Crippen molar-refractivity contribution in [2.45, 2.75) is 32.7 Å². The highest BCUT2D eigenvalue weighted by Crippen LogP contribution is 2.23. The molecule has 1 N–H and O–H groups in total. The molecule has 1 aliphatic rings. The van der Waals surface area contributed by atoms with Crippen molar-refractivity contribution in [3.8, 4) is 0 Å². The summed E-state index contributed by atoms with van der Waals surface area (Å²) >= 11 is 0. The van der Waals surface area contributed by atoms with Crippen LogP contribution in [0.1, 0.15) is 26.7 Å². The van der Waals surface area contributed by atoms with E-state index in [2.05, 4.69) is 13.8 Å². The van der Waals surface area contributed by atoms with Crippen molar-refractivity contribution in [2.24, 2.45) is 5.92 Å². The van der Waals surface area contributed by atoms with E-state index in [-0.39, 0.29) is 0 Å². The zero-order valence-electron chi connectivity index (χ0n) is 6.17. The maximum absolute atomic E-state index is 9.19. The molecule has 0 bridgehead atoms. The Hall–Kier alpha value is -0.0800. The minimum atomic E-state index is 0.421. The molecule has 0 spiro atoms.